The van der Waals surface area contributed by atoms with Crippen LogP contribution in [0.1, 0.15) is 36.7 Å². The topological polar surface area (TPSA) is 82.6 Å². The van der Waals surface area contributed by atoms with Crippen molar-refractivity contribution in [1.82, 2.24) is 9.88 Å². The monoisotopic (exact) mass is 426 g/mol. The van der Waals surface area contributed by atoms with Gasteiger partial charge in [0, 0.05) is 0 Å². The highest BCUT2D eigenvalue weighted by atomic mass is 32.1. The van der Waals surface area contributed by atoms with Gasteiger partial charge in [0.25, 0.3) is 5.91 Å². The van der Waals surface area contributed by atoms with E-state index < -0.39 is 0 Å². The van der Waals surface area contributed by atoms with Gasteiger partial charge in [0.2, 0.25) is 5.89 Å². The lowest BCUT2D eigenvalue weighted by Gasteiger charge is -2.37. The average Bonchev–Trinajstić information content (AvgIpc) is 3.34. The molecule has 0 radical (unpaired) electrons. The molecule has 30 heavy (non-hydrogen) atoms. The molecule has 2 aromatic heterocycles. The lowest BCUT2D eigenvalue weighted by Crippen LogP contribution is -2.49. The largest absolute Gasteiger partial charge is 0.444 e. The van der Waals surface area contributed by atoms with Crippen molar-refractivity contribution in [3.05, 3.63) is 47.9 Å². The molecule has 1 aliphatic heterocycles. The number of hydrogen-bond acceptors (Lipinski definition) is 7. The van der Waals surface area contributed by atoms with Gasteiger partial charge in [-0.05, 0) is 38.8 Å². The summed E-state index contributed by atoms with van der Waals surface area (Å²) in [5.41, 5.74) is 2.39. The molecule has 7 nitrogen and oxygen atoms in total. The number of ether oxygens (including phenoxy) is 1. The maximum Gasteiger partial charge on any atom is 0.259 e. The van der Waals surface area contributed by atoms with Crippen molar-refractivity contribution in [1.29, 1.82) is 5.26 Å². The van der Waals surface area contributed by atoms with Crippen LogP contribution in [0.4, 0.5) is 5.00 Å². The highest BCUT2D eigenvalue weighted by Crippen LogP contribution is 2.44. The Morgan fingerprint density at radius 3 is 2.83 bits per heavy atom. The standard InChI is InChI=1S/C22H26N4O3S/c1-6-16(7-2)17(29-14(3)4)12-26-13-25(10-8-23)21(27)18-15(5)19(30-22(18)26)20-24-9-11-28-20/h6-7,9,11,14,17H,1,10,12-13H2,2-5H3. The van der Waals surface area contributed by atoms with Gasteiger partial charge in [-0.3, -0.25) is 4.79 Å². The average molecular weight is 427 g/mol. The van der Waals surface area contributed by atoms with Gasteiger partial charge < -0.3 is 19.0 Å². The number of aromatic nitrogens is 1. The van der Waals surface area contributed by atoms with E-state index in [1.54, 1.807) is 17.2 Å². The maximum atomic E-state index is 13.1. The Balaban J connectivity index is 2.05. The molecule has 8 heteroatoms. The predicted molar refractivity (Wildman–Crippen MR) is 117 cm³/mol. The predicted octanol–water partition coefficient (Wildman–Crippen LogP) is 4.38. The third-order valence-corrected chi connectivity index (χ3v) is 6.25. The number of nitrogens with zero attached hydrogens (tertiary/aromatic N) is 4. The van der Waals surface area contributed by atoms with E-state index in [1.807, 2.05) is 33.8 Å². The van der Waals surface area contributed by atoms with Crippen molar-refractivity contribution >= 4 is 22.2 Å². The second-order valence-electron chi connectivity index (χ2n) is 7.26. The van der Waals surface area contributed by atoms with Crippen molar-refractivity contribution in [2.45, 2.75) is 39.9 Å². The minimum Gasteiger partial charge on any atom is -0.444 e. The molecule has 0 bridgehead atoms. The van der Waals surface area contributed by atoms with Crippen molar-refractivity contribution in [3.63, 3.8) is 0 Å². The lowest BCUT2D eigenvalue weighted by molar-refractivity contribution is 0.0329. The Kier molecular flexibility index (Phi) is 6.75. The van der Waals surface area contributed by atoms with E-state index in [0.717, 1.165) is 21.0 Å². The van der Waals surface area contributed by atoms with E-state index in [-0.39, 0.29) is 24.7 Å². The number of thiophene rings is 1. The molecule has 2 aromatic rings. The zero-order valence-corrected chi connectivity index (χ0v) is 18.5. The third-order valence-electron chi connectivity index (χ3n) is 4.91. The van der Waals surface area contributed by atoms with Crippen LogP contribution in [-0.2, 0) is 4.74 Å². The van der Waals surface area contributed by atoms with Gasteiger partial charge in [-0.15, -0.1) is 11.3 Å². The van der Waals surface area contributed by atoms with Gasteiger partial charge in [-0.25, -0.2) is 4.98 Å². The molecule has 0 saturated carbocycles. The summed E-state index contributed by atoms with van der Waals surface area (Å²) in [7, 11) is 0. The van der Waals surface area contributed by atoms with Crippen LogP contribution >= 0.6 is 11.3 Å². The summed E-state index contributed by atoms with van der Waals surface area (Å²) in [5.74, 6) is 0.340. The quantitative estimate of drug-likeness (QED) is 0.460. The third kappa shape index (κ3) is 4.18. The Labute approximate surface area is 180 Å². The first-order valence-corrected chi connectivity index (χ1v) is 10.6. The van der Waals surface area contributed by atoms with Gasteiger partial charge in [0.05, 0.1) is 42.0 Å². The van der Waals surface area contributed by atoms with Crippen LogP contribution in [0.25, 0.3) is 10.8 Å². The summed E-state index contributed by atoms with van der Waals surface area (Å²) in [6.45, 7) is 12.6. The van der Waals surface area contributed by atoms with Gasteiger partial charge in [0.15, 0.2) is 0 Å². The molecule has 0 N–H and O–H groups in total. The fourth-order valence-corrected chi connectivity index (χ4v) is 4.78. The molecule has 1 unspecified atom stereocenters. The van der Waals surface area contributed by atoms with E-state index in [4.69, 9.17) is 9.15 Å². The second kappa shape index (κ2) is 9.28. The van der Waals surface area contributed by atoms with Crippen molar-refractivity contribution in [2.75, 3.05) is 24.7 Å². The molecule has 158 valence electrons. The fraction of sp³-hybridized carbons (Fsp3) is 0.409. The fourth-order valence-electron chi connectivity index (χ4n) is 3.54. The van der Waals surface area contributed by atoms with Gasteiger partial charge in [-0.1, -0.05) is 18.7 Å². The molecule has 3 rings (SSSR count). The zero-order valence-electron chi connectivity index (χ0n) is 17.7. The lowest BCUT2D eigenvalue weighted by atomic mass is 10.1. The Morgan fingerprint density at radius 1 is 1.50 bits per heavy atom. The number of anilines is 1. The van der Waals surface area contributed by atoms with E-state index >= 15 is 0 Å². The minimum absolute atomic E-state index is 0.0199. The molecular weight excluding hydrogens is 400 g/mol. The molecule has 0 spiro atoms. The first kappa shape index (κ1) is 21.8. The molecule has 1 aliphatic rings. The van der Waals surface area contributed by atoms with E-state index in [1.165, 1.54) is 17.6 Å². The molecule has 0 aliphatic carbocycles. The number of rotatable bonds is 8. The number of carbonyl (C=O) groups excluding carboxylic acids is 1. The van der Waals surface area contributed by atoms with Gasteiger partial charge in [-0.2, -0.15) is 5.26 Å². The number of oxazole rings is 1. The summed E-state index contributed by atoms with van der Waals surface area (Å²) in [4.78, 5) is 21.8. The van der Waals surface area contributed by atoms with Gasteiger partial charge >= 0.3 is 0 Å². The molecule has 1 atom stereocenters. The Morgan fingerprint density at radius 2 is 2.27 bits per heavy atom. The molecule has 0 aromatic carbocycles. The van der Waals surface area contributed by atoms with Crippen LogP contribution in [0, 0.1) is 18.3 Å². The Bertz CT molecular complexity index is 985. The van der Waals surface area contributed by atoms with Gasteiger partial charge in [0.1, 0.15) is 23.9 Å². The minimum atomic E-state index is -0.218. The van der Waals surface area contributed by atoms with Crippen LogP contribution in [0.3, 0.4) is 0 Å². The summed E-state index contributed by atoms with van der Waals surface area (Å²) in [6.07, 6.45) is 6.70. The zero-order chi connectivity index (χ0) is 21.8. The van der Waals surface area contributed by atoms with Crippen molar-refractivity contribution in [3.8, 4) is 16.8 Å². The summed E-state index contributed by atoms with van der Waals surface area (Å²) >= 11 is 1.48. The van der Waals surface area contributed by atoms with Crippen LogP contribution in [0.5, 0.6) is 0 Å². The number of hydrogen-bond donors (Lipinski definition) is 0. The van der Waals surface area contributed by atoms with E-state index in [2.05, 4.69) is 22.5 Å². The number of nitriles is 1. The van der Waals surface area contributed by atoms with Crippen molar-refractivity contribution < 1.29 is 13.9 Å². The van der Waals surface area contributed by atoms with Crippen LogP contribution in [0.2, 0.25) is 0 Å². The van der Waals surface area contributed by atoms with E-state index in [0.29, 0.717) is 24.7 Å². The van der Waals surface area contributed by atoms with Crippen LogP contribution in [-0.4, -0.2) is 47.8 Å². The molecular formula is C22H26N4O3S. The van der Waals surface area contributed by atoms with E-state index in [9.17, 15) is 10.1 Å². The molecule has 0 saturated heterocycles. The SMILES string of the molecule is C=CC(=CC)C(CN1CN(CC#N)C(=O)c2c1sc(-c1ncco1)c2C)OC(C)C. The Hall–Kier alpha value is -2.89. The highest BCUT2D eigenvalue weighted by molar-refractivity contribution is 7.20. The summed E-state index contributed by atoms with van der Waals surface area (Å²) < 4.78 is 11.7. The molecule has 1 amide bonds. The summed E-state index contributed by atoms with van der Waals surface area (Å²) in [5, 5.41) is 10.1. The first-order valence-electron chi connectivity index (χ1n) is 9.79. The number of carbonyl (C=O) groups is 1. The second-order valence-corrected chi connectivity index (χ2v) is 8.26. The normalized spacial score (nSPS) is 15.3. The highest BCUT2D eigenvalue weighted by Gasteiger charge is 2.36. The van der Waals surface area contributed by atoms with Crippen LogP contribution < -0.4 is 4.90 Å². The first-order chi connectivity index (χ1) is 14.4. The number of amides is 1. The maximum absolute atomic E-state index is 13.1. The molecule has 0 fully saturated rings. The van der Waals surface area contributed by atoms with Crippen LogP contribution in [0.15, 0.2) is 41.2 Å². The smallest absolute Gasteiger partial charge is 0.259 e. The van der Waals surface area contributed by atoms with Crippen molar-refractivity contribution in [2.24, 2.45) is 0 Å². The number of fused-ring (bicyclic) bond motifs is 1. The summed E-state index contributed by atoms with van der Waals surface area (Å²) in [6, 6.07) is 2.10. The molecule has 3 heterocycles. The number of allylic oxidation sites excluding steroid dienone is 1.